The summed E-state index contributed by atoms with van der Waals surface area (Å²) in [6.07, 6.45) is 3.52. The fraction of sp³-hybridized carbons (Fsp3) is 0.923. The van der Waals surface area contributed by atoms with Crippen molar-refractivity contribution in [1.29, 1.82) is 0 Å². The molecule has 4 nitrogen and oxygen atoms in total. The summed E-state index contributed by atoms with van der Waals surface area (Å²) in [5.74, 6) is 1.09. The molecule has 0 aromatic heterocycles. The molecule has 2 rings (SSSR count). The Bertz CT molecular complexity index is 263. The monoisotopic (exact) mass is 239 g/mol. The van der Waals surface area contributed by atoms with Crippen molar-refractivity contribution in [2.24, 2.45) is 5.92 Å². The number of likely N-dealkylation sites (tertiary alicyclic amines) is 1. The molecule has 0 bridgehead atoms. The SMILES string of the molecule is CCN(CC1CCNCC1)C1CCN(C)C1=O. The number of carbonyl (C=O) groups is 1. The van der Waals surface area contributed by atoms with Crippen molar-refractivity contribution in [2.75, 3.05) is 39.8 Å². The van der Waals surface area contributed by atoms with Crippen LogP contribution in [0.2, 0.25) is 0 Å². The Hall–Kier alpha value is -0.610. The lowest BCUT2D eigenvalue weighted by Crippen LogP contribution is -2.45. The van der Waals surface area contributed by atoms with Gasteiger partial charge in [0.1, 0.15) is 0 Å². The van der Waals surface area contributed by atoms with Crippen molar-refractivity contribution in [2.45, 2.75) is 32.2 Å². The van der Waals surface area contributed by atoms with E-state index in [0.29, 0.717) is 5.91 Å². The highest BCUT2D eigenvalue weighted by molar-refractivity contribution is 5.83. The molecule has 1 N–H and O–H groups in total. The molecule has 1 unspecified atom stereocenters. The molecular weight excluding hydrogens is 214 g/mol. The van der Waals surface area contributed by atoms with Crippen LogP contribution in [0.5, 0.6) is 0 Å². The van der Waals surface area contributed by atoms with Crippen molar-refractivity contribution < 1.29 is 4.79 Å². The van der Waals surface area contributed by atoms with Gasteiger partial charge in [0, 0.05) is 20.1 Å². The zero-order valence-electron chi connectivity index (χ0n) is 11.1. The molecule has 1 amide bonds. The van der Waals surface area contributed by atoms with Gasteiger partial charge in [0.05, 0.1) is 6.04 Å². The number of nitrogens with zero attached hydrogens (tertiary/aromatic N) is 2. The van der Waals surface area contributed by atoms with E-state index in [1.165, 1.54) is 12.8 Å². The zero-order chi connectivity index (χ0) is 12.3. The van der Waals surface area contributed by atoms with Crippen LogP contribution in [-0.2, 0) is 4.79 Å². The third-order valence-corrected chi connectivity index (χ3v) is 4.20. The largest absolute Gasteiger partial charge is 0.344 e. The average molecular weight is 239 g/mol. The number of hydrogen-bond acceptors (Lipinski definition) is 3. The number of hydrogen-bond donors (Lipinski definition) is 1. The highest BCUT2D eigenvalue weighted by Gasteiger charge is 2.34. The fourth-order valence-electron chi connectivity index (χ4n) is 3.02. The minimum atomic E-state index is 0.153. The summed E-state index contributed by atoms with van der Waals surface area (Å²) in [6.45, 7) is 7.47. The Morgan fingerprint density at radius 3 is 2.59 bits per heavy atom. The van der Waals surface area contributed by atoms with Crippen LogP contribution in [0.3, 0.4) is 0 Å². The molecule has 0 aromatic carbocycles. The second-order valence-electron chi connectivity index (χ2n) is 5.35. The van der Waals surface area contributed by atoms with Gasteiger partial charge in [-0.2, -0.15) is 0 Å². The molecule has 0 spiro atoms. The highest BCUT2D eigenvalue weighted by atomic mass is 16.2. The maximum absolute atomic E-state index is 12.0. The highest BCUT2D eigenvalue weighted by Crippen LogP contribution is 2.20. The molecule has 0 aromatic rings. The third-order valence-electron chi connectivity index (χ3n) is 4.20. The fourth-order valence-corrected chi connectivity index (χ4v) is 3.02. The molecule has 17 heavy (non-hydrogen) atoms. The molecule has 2 heterocycles. The number of nitrogens with one attached hydrogen (secondary N) is 1. The van der Waals surface area contributed by atoms with Gasteiger partial charge >= 0.3 is 0 Å². The van der Waals surface area contributed by atoms with Crippen LogP contribution in [0.4, 0.5) is 0 Å². The number of likely N-dealkylation sites (N-methyl/N-ethyl adjacent to an activating group) is 2. The van der Waals surface area contributed by atoms with Gasteiger partial charge in [0.25, 0.3) is 0 Å². The van der Waals surface area contributed by atoms with Crippen molar-refractivity contribution in [3.8, 4) is 0 Å². The van der Waals surface area contributed by atoms with Crippen LogP contribution in [0.1, 0.15) is 26.2 Å². The van der Waals surface area contributed by atoms with Gasteiger partial charge in [0.15, 0.2) is 0 Å². The summed E-state index contributed by atoms with van der Waals surface area (Å²) in [5.41, 5.74) is 0. The minimum Gasteiger partial charge on any atom is -0.344 e. The summed E-state index contributed by atoms with van der Waals surface area (Å²) in [4.78, 5) is 16.3. The van der Waals surface area contributed by atoms with Crippen molar-refractivity contribution in [3.63, 3.8) is 0 Å². The Kier molecular flexibility index (Phi) is 4.40. The second kappa shape index (κ2) is 5.83. The van der Waals surface area contributed by atoms with E-state index in [0.717, 1.165) is 45.1 Å². The number of rotatable bonds is 4. The Morgan fingerprint density at radius 2 is 2.06 bits per heavy atom. The molecule has 2 aliphatic heterocycles. The summed E-state index contributed by atoms with van der Waals surface area (Å²) >= 11 is 0. The lowest BCUT2D eigenvalue weighted by molar-refractivity contribution is -0.131. The lowest BCUT2D eigenvalue weighted by Gasteiger charge is -2.32. The van der Waals surface area contributed by atoms with Gasteiger partial charge in [0.2, 0.25) is 5.91 Å². The van der Waals surface area contributed by atoms with E-state index in [2.05, 4.69) is 17.1 Å². The molecular formula is C13H25N3O. The predicted molar refractivity (Wildman–Crippen MR) is 68.9 cm³/mol. The first-order chi connectivity index (χ1) is 8.22. The predicted octanol–water partition coefficient (Wildman–Crippen LogP) is 0.539. The van der Waals surface area contributed by atoms with Gasteiger partial charge in [-0.3, -0.25) is 9.69 Å². The Balaban J connectivity index is 1.89. The number of piperidine rings is 1. The van der Waals surface area contributed by atoms with Gasteiger partial charge in [-0.05, 0) is 44.8 Å². The summed E-state index contributed by atoms with van der Waals surface area (Å²) in [6, 6.07) is 0.153. The first kappa shape index (κ1) is 12.8. The van der Waals surface area contributed by atoms with Crippen LogP contribution in [0.15, 0.2) is 0 Å². The topological polar surface area (TPSA) is 35.6 Å². The smallest absolute Gasteiger partial charge is 0.239 e. The minimum absolute atomic E-state index is 0.153. The molecule has 98 valence electrons. The maximum atomic E-state index is 12.0. The standard InChI is InChI=1S/C13H25N3O/c1-3-16(10-11-4-7-14-8-5-11)12-6-9-15(2)13(12)17/h11-12,14H,3-10H2,1-2H3. The van der Waals surface area contributed by atoms with E-state index in [9.17, 15) is 4.79 Å². The van der Waals surface area contributed by atoms with E-state index in [1.54, 1.807) is 0 Å². The molecule has 0 saturated carbocycles. The normalized spacial score (nSPS) is 27.1. The van der Waals surface area contributed by atoms with Crippen LogP contribution < -0.4 is 5.32 Å². The Morgan fingerprint density at radius 1 is 1.35 bits per heavy atom. The summed E-state index contributed by atoms with van der Waals surface area (Å²) in [7, 11) is 1.92. The molecule has 2 saturated heterocycles. The number of amides is 1. The van der Waals surface area contributed by atoms with E-state index in [1.807, 2.05) is 11.9 Å². The lowest BCUT2D eigenvalue weighted by atomic mass is 9.96. The average Bonchev–Trinajstić information content (AvgIpc) is 2.69. The van der Waals surface area contributed by atoms with Gasteiger partial charge in [-0.15, -0.1) is 0 Å². The molecule has 0 radical (unpaired) electrons. The molecule has 2 fully saturated rings. The van der Waals surface area contributed by atoms with Crippen molar-refractivity contribution in [1.82, 2.24) is 15.1 Å². The van der Waals surface area contributed by atoms with Crippen LogP contribution in [-0.4, -0.2) is 61.5 Å². The molecule has 0 aliphatic carbocycles. The maximum Gasteiger partial charge on any atom is 0.239 e. The quantitative estimate of drug-likeness (QED) is 0.778. The summed E-state index contributed by atoms with van der Waals surface area (Å²) < 4.78 is 0. The van der Waals surface area contributed by atoms with Crippen LogP contribution >= 0.6 is 0 Å². The first-order valence-corrected chi connectivity index (χ1v) is 6.92. The van der Waals surface area contributed by atoms with E-state index < -0.39 is 0 Å². The van der Waals surface area contributed by atoms with Gasteiger partial charge in [-0.1, -0.05) is 6.92 Å². The van der Waals surface area contributed by atoms with Crippen LogP contribution in [0, 0.1) is 5.92 Å². The molecule has 2 aliphatic rings. The van der Waals surface area contributed by atoms with Gasteiger partial charge < -0.3 is 10.2 Å². The second-order valence-corrected chi connectivity index (χ2v) is 5.35. The van der Waals surface area contributed by atoms with Crippen LogP contribution in [0.25, 0.3) is 0 Å². The van der Waals surface area contributed by atoms with Crippen molar-refractivity contribution in [3.05, 3.63) is 0 Å². The van der Waals surface area contributed by atoms with Crippen molar-refractivity contribution >= 4 is 5.91 Å². The van der Waals surface area contributed by atoms with E-state index in [4.69, 9.17) is 0 Å². The Labute approximate surface area is 104 Å². The zero-order valence-corrected chi connectivity index (χ0v) is 11.1. The van der Waals surface area contributed by atoms with Gasteiger partial charge in [-0.25, -0.2) is 0 Å². The summed E-state index contributed by atoms with van der Waals surface area (Å²) in [5, 5.41) is 3.40. The third kappa shape index (κ3) is 2.99. The van der Waals surface area contributed by atoms with E-state index >= 15 is 0 Å². The first-order valence-electron chi connectivity index (χ1n) is 6.92. The number of carbonyl (C=O) groups excluding carboxylic acids is 1. The van der Waals surface area contributed by atoms with E-state index in [-0.39, 0.29) is 6.04 Å². The molecule has 4 heteroatoms. The molecule has 1 atom stereocenters.